The molecule has 3 rings (SSSR count). The van der Waals surface area contributed by atoms with Crippen LogP contribution in [-0.4, -0.2) is 40.1 Å². The molecule has 0 spiro atoms. The molecule has 122 valence electrons. The molecule has 6 nitrogen and oxygen atoms in total. The fourth-order valence-electron chi connectivity index (χ4n) is 2.77. The molecule has 6 heteroatoms. The van der Waals surface area contributed by atoms with Crippen LogP contribution in [0.3, 0.4) is 0 Å². The Morgan fingerprint density at radius 1 is 1.48 bits per heavy atom. The predicted octanol–water partition coefficient (Wildman–Crippen LogP) is 1.97. The Labute approximate surface area is 135 Å². The topological polar surface area (TPSA) is 76.4 Å². The molecule has 0 bridgehead atoms. The second-order valence-electron chi connectivity index (χ2n) is 5.67. The molecule has 0 saturated carbocycles. The van der Waals surface area contributed by atoms with E-state index in [4.69, 9.17) is 4.74 Å². The highest BCUT2D eigenvalue weighted by Gasteiger charge is 2.25. The van der Waals surface area contributed by atoms with Crippen LogP contribution < -0.4 is 5.32 Å². The van der Waals surface area contributed by atoms with Gasteiger partial charge in [-0.2, -0.15) is 5.10 Å². The summed E-state index contributed by atoms with van der Waals surface area (Å²) in [7, 11) is 0. The first-order chi connectivity index (χ1) is 11.2. The van der Waals surface area contributed by atoms with Crippen LogP contribution in [-0.2, 0) is 16.1 Å². The summed E-state index contributed by atoms with van der Waals surface area (Å²) in [5.41, 5.74) is 2.90. The number of hydrogen-bond acceptors (Lipinski definition) is 4. The van der Waals surface area contributed by atoms with E-state index < -0.39 is 6.10 Å². The van der Waals surface area contributed by atoms with Crippen molar-refractivity contribution in [3.05, 3.63) is 35.9 Å². The average Bonchev–Trinajstić information content (AvgIpc) is 3.19. The summed E-state index contributed by atoms with van der Waals surface area (Å²) in [6, 6.07) is 9.78. The zero-order valence-corrected chi connectivity index (χ0v) is 13.2. The number of carbonyl (C=O) groups excluding carboxylic acids is 1. The molecule has 1 aromatic heterocycles. The number of aryl methyl sites for hydroxylation is 1. The number of aliphatic hydroxyl groups excluding tert-OH is 1. The Bertz CT molecular complexity index is 690. The van der Waals surface area contributed by atoms with E-state index in [0.717, 1.165) is 29.7 Å². The molecule has 0 radical (unpaired) electrons. The second kappa shape index (κ2) is 6.93. The fourth-order valence-corrected chi connectivity index (χ4v) is 2.77. The number of carbonyl (C=O) groups is 1. The first kappa shape index (κ1) is 15.7. The van der Waals surface area contributed by atoms with Crippen molar-refractivity contribution in [1.82, 2.24) is 9.78 Å². The summed E-state index contributed by atoms with van der Waals surface area (Å²) < 4.78 is 7.03. The number of aliphatic hydroxyl groups is 1. The van der Waals surface area contributed by atoms with Crippen LogP contribution in [0.2, 0.25) is 0 Å². The third kappa shape index (κ3) is 3.43. The molecule has 0 aliphatic carbocycles. The lowest BCUT2D eigenvalue weighted by Crippen LogP contribution is -2.28. The largest absolute Gasteiger partial charge is 0.394 e. The van der Waals surface area contributed by atoms with Gasteiger partial charge in [-0.25, -0.2) is 4.68 Å². The maximum atomic E-state index is 12.2. The molecule has 1 fully saturated rings. The van der Waals surface area contributed by atoms with E-state index in [1.807, 2.05) is 37.3 Å². The quantitative estimate of drug-likeness (QED) is 0.884. The molecule has 2 heterocycles. The molecule has 1 aliphatic heterocycles. The van der Waals surface area contributed by atoms with Gasteiger partial charge in [-0.3, -0.25) is 4.79 Å². The van der Waals surface area contributed by atoms with Crippen molar-refractivity contribution in [2.75, 3.05) is 18.5 Å². The number of nitrogens with one attached hydrogen (secondary N) is 1. The first-order valence-electron chi connectivity index (χ1n) is 7.86. The Hall–Kier alpha value is -2.18. The zero-order chi connectivity index (χ0) is 16.2. The minimum absolute atomic E-state index is 0.0440. The molecule has 1 aromatic carbocycles. The lowest BCUT2D eigenvalue weighted by molar-refractivity contribution is -0.124. The molecule has 1 unspecified atom stereocenters. The summed E-state index contributed by atoms with van der Waals surface area (Å²) in [4.78, 5) is 12.2. The van der Waals surface area contributed by atoms with Crippen molar-refractivity contribution in [3.63, 3.8) is 0 Å². The van der Waals surface area contributed by atoms with Gasteiger partial charge in [0.15, 0.2) is 0 Å². The highest BCUT2D eigenvalue weighted by molar-refractivity contribution is 5.94. The summed E-state index contributed by atoms with van der Waals surface area (Å²) in [5.74, 6) is 0.427. The van der Waals surface area contributed by atoms with E-state index in [9.17, 15) is 9.90 Å². The second-order valence-corrected chi connectivity index (χ2v) is 5.67. The molecular formula is C17H21N3O3. The number of hydrogen-bond donors (Lipinski definition) is 2. The highest BCUT2D eigenvalue weighted by atomic mass is 16.5. The van der Waals surface area contributed by atoms with E-state index in [1.165, 1.54) is 0 Å². The van der Waals surface area contributed by atoms with Crippen molar-refractivity contribution in [2.24, 2.45) is 0 Å². The van der Waals surface area contributed by atoms with Crippen LogP contribution in [0.1, 0.15) is 18.4 Å². The van der Waals surface area contributed by atoms with Gasteiger partial charge in [0.1, 0.15) is 11.9 Å². The molecule has 2 N–H and O–H groups in total. The molecule has 1 saturated heterocycles. The van der Waals surface area contributed by atoms with Crippen LogP contribution in [0.5, 0.6) is 0 Å². The van der Waals surface area contributed by atoms with E-state index >= 15 is 0 Å². The fraction of sp³-hybridized carbons (Fsp3) is 0.412. The van der Waals surface area contributed by atoms with E-state index in [2.05, 4.69) is 10.4 Å². The number of anilines is 1. The molecule has 23 heavy (non-hydrogen) atoms. The van der Waals surface area contributed by atoms with Crippen molar-refractivity contribution >= 4 is 11.7 Å². The maximum Gasteiger partial charge on any atom is 0.254 e. The summed E-state index contributed by atoms with van der Waals surface area (Å²) in [6.45, 7) is 2.93. The standard InChI is InChI=1S/C17H21N3O3/c1-12-5-2-3-6-13(12)14-11-16(20(19-14)8-9-21)18-17(22)15-7-4-10-23-15/h2-3,5-6,11,15,21H,4,7-10H2,1H3,(H,18,22). The number of aromatic nitrogens is 2. The minimum Gasteiger partial charge on any atom is -0.394 e. The molecule has 1 amide bonds. The number of amides is 1. The van der Waals surface area contributed by atoms with Crippen LogP contribution >= 0.6 is 0 Å². The molecule has 1 aliphatic rings. The third-order valence-corrected chi connectivity index (χ3v) is 3.99. The van der Waals surface area contributed by atoms with Gasteiger partial charge in [-0.05, 0) is 25.3 Å². The lowest BCUT2D eigenvalue weighted by Gasteiger charge is -2.11. The summed E-state index contributed by atoms with van der Waals surface area (Å²) >= 11 is 0. The van der Waals surface area contributed by atoms with Crippen molar-refractivity contribution in [3.8, 4) is 11.3 Å². The van der Waals surface area contributed by atoms with E-state index in [1.54, 1.807) is 4.68 Å². The van der Waals surface area contributed by atoms with Gasteiger partial charge in [0.05, 0.1) is 18.8 Å². The summed E-state index contributed by atoms with van der Waals surface area (Å²) in [5, 5.41) is 16.6. The van der Waals surface area contributed by atoms with Gasteiger partial charge in [-0.1, -0.05) is 24.3 Å². The Kier molecular flexibility index (Phi) is 4.73. The smallest absolute Gasteiger partial charge is 0.254 e. The Balaban J connectivity index is 1.86. The number of nitrogens with zero attached hydrogens (tertiary/aromatic N) is 2. The maximum absolute atomic E-state index is 12.2. The van der Waals surface area contributed by atoms with Crippen LogP contribution in [0, 0.1) is 6.92 Å². The van der Waals surface area contributed by atoms with Crippen molar-refractivity contribution in [2.45, 2.75) is 32.4 Å². The van der Waals surface area contributed by atoms with Gasteiger partial charge >= 0.3 is 0 Å². The van der Waals surface area contributed by atoms with Crippen LogP contribution in [0.25, 0.3) is 11.3 Å². The number of benzene rings is 1. The van der Waals surface area contributed by atoms with E-state index in [-0.39, 0.29) is 12.5 Å². The SMILES string of the molecule is Cc1ccccc1-c1cc(NC(=O)C2CCCO2)n(CCO)n1. The normalized spacial score (nSPS) is 17.4. The van der Waals surface area contributed by atoms with Crippen molar-refractivity contribution in [1.29, 1.82) is 0 Å². The third-order valence-electron chi connectivity index (χ3n) is 3.99. The number of ether oxygens (including phenoxy) is 1. The first-order valence-corrected chi connectivity index (χ1v) is 7.86. The Morgan fingerprint density at radius 3 is 3.00 bits per heavy atom. The van der Waals surface area contributed by atoms with E-state index in [0.29, 0.717) is 19.0 Å². The van der Waals surface area contributed by atoms with Gasteiger partial charge in [-0.15, -0.1) is 0 Å². The summed E-state index contributed by atoms with van der Waals surface area (Å²) in [6.07, 6.45) is 1.25. The van der Waals surface area contributed by atoms with Gasteiger partial charge in [0.2, 0.25) is 0 Å². The van der Waals surface area contributed by atoms with Crippen molar-refractivity contribution < 1.29 is 14.6 Å². The number of rotatable bonds is 5. The lowest BCUT2D eigenvalue weighted by atomic mass is 10.1. The van der Waals surface area contributed by atoms with Gasteiger partial charge < -0.3 is 15.2 Å². The van der Waals surface area contributed by atoms with Crippen LogP contribution in [0.15, 0.2) is 30.3 Å². The van der Waals surface area contributed by atoms with Gasteiger partial charge in [0.25, 0.3) is 5.91 Å². The van der Waals surface area contributed by atoms with Crippen LogP contribution in [0.4, 0.5) is 5.82 Å². The Morgan fingerprint density at radius 2 is 2.30 bits per heavy atom. The predicted molar refractivity (Wildman–Crippen MR) is 87.1 cm³/mol. The monoisotopic (exact) mass is 315 g/mol. The van der Waals surface area contributed by atoms with Gasteiger partial charge in [0, 0.05) is 18.2 Å². The minimum atomic E-state index is -0.394. The molecule has 1 atom stereocenters. The molecule has 2 aromatic rings. The molecular weight excluding hydrogens is 294 g/mol. The highest BCUT2D eigenvalue weighted by Crippen LogP contribution is 2.25. The zero-order valence-electron chi connectivity index (χ0n) is 13.2. The average molecular weight is 315 g/mol.